The van der Waals surface area contributed by atoms with Crippen molar-refractivity contribution in [1.82, 2.24) is 0 Å². The Kier molecular flexibility index (Phi) is 4.97. The van der Waals surface area contributed by atoms with E-state index < -0.39 is 9.84 Å². The summed E-state index contributed by atoms with van der Waals surface area (Å²) >= 11 is 0. The Morgan fingerprint density at radius 3 is 2.47 bits per heavy atom. The van der Waals surface area contributed by atoms with E-state index in [4.69, 9.17) is 0 Å². The summed E-state index contributed by atoms with van der Waals surface area (Å²) in [4.78, 5) is 0.437. The zero-order chi connectivity index (χ0) is 13.6. The van der Waals surface area contributed by atoms with Crippen LogP contribution in [0.15, 0.2) is 59.0 Å². The van der Waals surface area contributed by atoms with Crippen molar-refractivity contribution in [2.45, 2.75) is 37.0 Å². The number of unbranched alkanes of at least 4 members (excludes halogenated alkanes) is 1. The molecule has 0 fully saturated rings. The third-order valence-corrected chi connectivity index (χ3v) is 5.12. The quantitative estimate of drug-likeness (QED) is 0.738. The molecule has 102 valence electrons. The molecule has 0 bridgehead atoms. The van der Waals surface area contributed by atoms with E-state index in [2.05, 4.69) is 18.2 Å². The molecule has 0 heterocycles. The van der Waals surface area contributed by atoms with Gasteiger partial charge < -0.3 is 0 Å². The maximum atomic E-state index is 12.1. The number of sulfone groups is 1. The molecule has 0 aromatic heterocycles. The van der Waals surface area contributed by atoms with Crippen molar-refractivity contribution in [1.29, 1.82) is 0 Å². The summed E-state index contributed by atoms with van der Waals surface area (Å²) < 4.78 is 24.1. The fourth-order valence-corrected chi connectivity index (χ4v) is 3.61. The van der Waals surface area contributed by atoms with Crippen molar-refractivity contribution in [2.24, 2.45) is 0 Å². The first-order chi connectivity index (χ1) is 9.18. The molecule has 2 rings (SSSR count). The van der Waals surface area contributed by atoms with Crippen LogP contribution in [0.4, 0.5) is 0 Å². The van der Waals surface area contributed by atoms with Crippen LogP contribution in [-0.4, -0.2) is 14.2 Å². The highest BCUT2D eigenvalue weighted by Crippen LogP contribution is 2.17. The van der Waals surface area contributed by atoms with Crippen molar-refractivity contribution >= 4 is 9.84 Å². The van der Waals surface area contributed by atoms with Crippen LogP contribution < -0.4 is 0 Å². The minimum absolute atomic E-state index is 0.244. The van der Waals surface area contributed by atoms with E-state index in [0.29, 0.717) is 4.90 Å². The first-order valence-corrected chi connectivity index (χ1v) is 8.47. The molecule has 0 N–H and O–H groups in total. The van der Waals surface area contributed by atoms with Gasteiger partial charge >= 0.3 is 0 Å². The maximum Gasteiger partial charge on any atom is 0.178 e. The van der Waals surface area contributed by atoms with E-state index in [1.54, 1.807) is 24.3 Å². The summed E-state index contributed by atoms with van der Waals surface area (Å²) in [6, 6.07) is 8.71. The highest BCUT2D eigenvalue weighted by Gasteiger charge is 2.12. The molecule has 0 unspecified atom stereocenters. The van der Waals surface area contributed by atoms with Crippen molar-refractivity contribution < 1.29 is 8.42 Å². The third kappa shape index (κ3) is 4.35. The lowest BCUT2D eigenvalue weighted by Crippen LogP contribution is -2.06. The van der Waals surface area contributed by atoms with Gasteiger partial charge in [0.05, 0.1) is 10.6 Å². The van der Waals surface area contributed by atoms with Gasteiger partial charge in [0.25, 0.3) is 0 Å². The number of hydrogen-bond acceptors (Lipinski definition) is 2. The van der Waals surface area contributed by atoms with Gasteiger partial charge in [-0.2, -0.15) is 0 Å². The minimum atomic E-state index is -3.10. The maximum absolute atomic E-state index is 12.1. The summed E-state index contributed by atoms with van der Waals surface area (Å²) in [5.74, 6) is 0.244. The van der Waals surface area contributed by atoms with Crippen LogP contribution in [0.1, 0.15) is 32.1 Å². The molecule has 0 radical (unpaired) electrons. The van der Waals surface area contributed by atoms with E-state index >= 15 is 0 Å². The molecule has 0 saturated carbocycles. The van der Waals surface area contributed by atoms with Gasteiger partial charge in [0, 0.05) is 0 Å². The largest absolute Gasteiger partial charge is 0.224 e. The van der Waals surface area contributed by atoms with Crippen molar-refractivity contribution in [3.63, 3.8) is 0 Å². The average Bonchev–Trinajstić information content (AvgIpc) is 2.46. The topological polar surface area (TPSA) is 34.1 Å². The Labute approximate surface area is 115 Å². The van der Waals surface area contributed by atoms with Crippen LogP contribution in [0.2, 0.25) is 0 Å². The minimum Gasteiger partial charge on any atom is -0.224 e. The molecule has 19 heavy (non-hydrogen) atoms. The SMILES string of the molecule is O=S(=O)(CCCCC1=CCCC=C1)c1ccccc1. The molecule has 1 aliphatic carbocycles. The second-order valence-electron chi connectivity index (χ2n) is 4.85. The first-order valence-electron chi connectivity index (χ1n) is 6.82. The normalized spacial score (nSPS) is 15.3. The van der Waals surface area contributed by atoms with Gasteiger partial charge in [-0.15, -0.1) is 0 Å². The van der Waals surface area contributed by atoms with Crippen molar-refractivity contribution in [2.75, 3.05) is 5.75 Å². The summed E-state index contributed by atoms with van der Waals surface area (Å²) in [5, 5.41) is 0. The third-order valence-electron chi connectivity index (χ3n) is 3.30. The Balaban J connectivity index is 1.79. The zero-order valence-electron chi connectivity index (χ0n) is 11.1. The highest BCUT2D eigenvalue weighted by atomic mass is 32.2. The van der Waals surface area contributed by atoms with Gasteiger partial charge in [-0.05, 0) is 44.2 Å². The van der Waals surface area contributed by atoms with Gasteiger partial charge in [0.1, 0.15) is 0 Å². The summed E-state index contributed by atoms with van der Waals surface area (Å²) in [7, 11) is -3.10. The van der Waals surface area contributed by atoms with E-state index in [1.165, 1.54) is 5.57 Å². The first kappa shape index (κ1) is 14.1. The van der Waals surface area contributed by atoms with Gasteiger partial charge in [0.2, 0.25) is 0 Å². The van der Waals surface area contributed by atoms with Crippen LogP contribution in [0.3, 0.4) is 0 Å². The standard InChI is InChI=1S/C16H20O2S/c17-19(18,16-12-5-2-6-13-16)14-8-7-11-15-9-3-1-4-10-15/h2-3,5-6,9-10,12-13H,1,4,7-8,11,14H2. The molecule has 3 heteroatoms. The zero-order valence-corrected chi connectivity index (χ0v) is 11.9. The molecule has 0 saturated heterocycles. The molecule has 0 aliphatic heterocycles. The number of allylic oxidation sites excluding steroid dienone is 4. The van der Waals surface area contributed by atoms with Gasteiger partial charge in [0.15, 0.2) is 9.84 Å². The Morgan fingerprint density at radius 2 is 1.79 bits per heavy atom. The lowest BCUT2D eigenvalue weighted by atomic mass is 10.0. The molecule has 0 amide bonds. The molecular weight excluding hydrogens is 256 g/mol. The van der Waals surface area contributed by atoms with Crippen LogP contribution >= 0.6 is 0 Å². The Hall–Kier alpha value is -1.35. The van der Waals surface area contributed by atoms with Crippen LogP contribution in [0, 0.1) is 0 Å². The molecule has 1 aliphatic rings. The molecule has 0 atom stereocenters. The lowest BCUT2D eigenvalue weighted by molar-refractivity contribution is 0.591. The smallest absolute Gasteiger partial charge is 0.178 e. The second kappa shape index (κ2) is 6.71. The van der Waals surface area contributed by atoms with Crippen molar-refractivity contribution in [3.8, 4) is 0 Å². The Bertz CT molecular complexity index is 554. The van der Waals surface area contributed by atoms with E-state index in [9.17, 15) is 8.42 Å². The molecule has 1 aromatic rings. The van der Waals surface area contributed by atoms with Gasteiger partial charge in [-0.3, -0.25) is 0 Å². The molecule has 2 nitrogen and oxygen atoms in total. The van der Waals surface area contributed by atoms with Crippen LogP contribution in [0.25, 0.3) is 0 Å². The van der Waals surface area contributed by atoms with Crippen LogP contribution in [-0.2, 0) is 9.84 Å². The predicted molar refractivity (Wildman–Crippen MR) is 78.8 cm³/mol. The molecule has 1 aromatic carbocycles. The fraction of sp³-hybridized carbons (Fsp3) is 0.375. The van der Waals surface area contributed by atoms with Gasteiger partial charge in [-0.1, -0.05) is 42.0 Å². The lowest BCUT2D eigenvalue weighted by Gasteiger charge is -2.07. The second-order valence-corrected chi connectivity index (χ2v) is 6.96. The predicted octanol–water partition coefficient (Wildman–Crippen LogP) is 3.91. The summed E-state index contributed by atoms with van der Waals surface area (Å²) in [6.07, 6.45) is 11.5. The Morgan fingerprint density at radius 1 is 1.00 bits per heavy atom. The van der Waals surface area contributed by atoms with Crippen molar-refractivity contribution in [3.05, 3.63) is 54.1 Å². The van der Waals surface area contributed by atoms with Gasteiger partial charge in [-0.25, -0.2) is 8.42 Å². The summed E-state index contributed by atoms with van der Waals surface area (Å²) in [6.45, 7) is 0. The van der Waals surface area contributed by atoms with E-state index in [0.717, 1.165) is 32.1 Å². The van der Waals surface area contributed by atoms with E-state index in [-0.39, 0.29) is 5.75 Å². The average molecular weight is 276 g/mol. The number of benzene rings is 1. The van der Waals surface area contributed by atoms with E-state index in [1.807, 2.05) is 6.07 Å². The number of rotatable bonds is 6. The number of hydrogen-bond donors (Lipinski definition) is 0. The summed E-state index contributed by atoms with van der Waals surface area (Å²) in [5.41, 5.74) is 1.35. The molecule has 0 spiro atoms. The monoisotopic (exact) mass is 276 g/mol. The van der Waals surface area contributed by atoms with Crippen LogP contribution in [0.5, 0.6) is 0 Å². The molecular formula is C16H20O2S. The fourth-order valence-electron chi connectivity index (χ4n) is 2.22. The highest BCUT2D eigenvalue weighted by molar-refractivity contribution is 7.91.